The SMILES string of the molecule is O=C(O)[C@H]1CC[C@H](c2sccc2I)N1. The Bertz CT molecular complexity index is 352. The molecule has 0 bridgehead atoms. The Morgan fingerprint density at radius 1 is 1.64 bits per heavy atom. The van der Waals surface area contributed by atoms with Gasteiger partial charge in [0.2, 0.25) is 0 Å². The lowest BCUT2D eigenvalue weighted by Crippen LogP contribution is -2.31. The van der Waals surface area contributed by atoms with E-state index in [0.29, 0.717) is 0 Å². The van der Waals surface area contributed by atoms with Gasteiger partial charge in [0.1, 0.15) is 6.04 Å². The molecular weight excluding hydrogens is 313 g/mol. The van der Waals surface area contributed by atoms with Crippen LogP contribution in [0, 0.1) is 3.57 Å². The highest BCUT2D eigenvalue weighted by atomic mass is 127. The summed E-state index contributed by atoms with van der Waals surface area (Å²) < 4.78 is 1.23. The molecule has 0 aromatic carbocycles. The van der Waals surface area contributed by atoms with Crippen LogP contribution in [-0.4, -0.2) is 17.1 Å². The summed E-state index contributed by atoms with van der Waals surface area (Å²) in [5.74, 6) is -0.737. The molecule has 2 N–H and O–H groups in total. The van der Waals surface area contributed by atoms with Gasteiger partial charge in [-0.2, -0.15) is 0 Å². The van der Waals surface area contributed by atoms with Gasteiger partial charge in [-0.25, -0.2) is 0 Å². The second kappa shape index (κ2) is 4.16. The van der Waals surface area contributed by atoms with E-state index in [-0.39, 0.29) is 12.1 Å². The maximum absolute atomic E-state index is 10.7. The Morgan fingerprint density at radius 3 is 2.93 bits per heavy atom. The molecular formula is C9H10INO2S. The lowest BCUT2D eigenvalue weighted by molar-refractivity contribution is -0.139. The summed E-state index contributed by atoms with van der Waals surface area (Å²) in [5.41, 5.74) is 0. The molecule has 0 aliphatic carbocycles. The van der Waals surface area contributed by atoms with Gasteiger partial charge in [0.25, 0.3) is 0 Å². The monoisotopic (exact) mass is 323 g/mol. The van der Waals surface area contributed by atoms with Crippen molar-refractivity contribution in [1.29, 1.82) is 0 Å². The third-order valence-corrected chi connectivity index (χ3v) is 4.74. The zero-order valence-corrected chi connectivity index (χ0v) is 10.3. The molecule has 0 saturated carbocycles. The highest BCUT2D eigenvalue weighted by Crippen LogP contribution is 2.33. The van der Waals surface area contributed by atoms with Crippen molar-refractivity contribution >= 4 is 39.9 Å². The number of hydrogen-bond donors (Lipinski definition) is 2. The highest BCUT2D eigenvalue weighted by molar-refractivity contribution is 14.1. The number of carbonyl (C=O) groups is 1. The van der Waals surface area contributed by atoms with Crippen LogP contribution in [0.4, 0.5) is 0 Å². The first-order valence-electron chi connectivity index (χ1n) is 4.40. The van der Waals surface area contributed by atoms with E-state index >= 15 is 0 Å². The molecule has 1 aromatic rings. The normalized spacial score (nSPS) is 26.6. The van der Waals surface area contributed by atoms with E-state index < -0.39 is 5.97 Å². The summed E-state index contributed by atoms with van der Waals surface area (Å²) in [6.45, 7) is 0. The fourth-order valence-corrected chi connectivity index (χ4v) is 3.76. The van der Waals surface area contributed by atoms with E-state index in [4.69, 9.17) is 5.11 Å². The quantitative estimate of drug-likeness (QED) is 0.821. The number of aliphatic carboxylic acids is 1. The van der Waals surface area contributed by atoms with Crippen LogP contribution in [-0.2, 0) is 4.79 Å². The molecule has 0 amide bonds. The van der Waals surface area contributed by atoms with Crippen molar-refractivity contribution in [3.8, 4) is 0 Å². The van der Waals surface area contributed by atoms with Crippen molar-refractivity contribution in [3.05, 3.63) is 19.9 Å². The molecule has 1 fully saturated rings. The zero-order valence-electron chi connectivity index (χ0n) is 7.37. The van der Waals surface area contributed by atoms with Crippen LogP contribution < -0.4 is 5.32 Å². The second-order valence-corrected chi connectivity index (χ2v) is 5.43. The van der Waals surface area contributed by atoms with E-state index in [1.54, 1.807) is 11.3 Å². The number of carboxylic acids is 1. The molecule has 0 radical (unpaired) electrons. The Balaban J connectivity index is 2.10. The smallest absolute Gasteiger partial charge is 0.320 e. The number of nitrogens with one attached hydrogen (secondary N) is 1. The number of carboxylic acid groups (broad SMARTS) is 1. The van der Waals surface area contributed by atoms with Gasteiger partial charge in [0, 0.05) is 14.5 Å². The molecule has 1 aromatic heterocycles. The Labute approximate surface area is 99.7 Å². The summed E-state index contributed by atoms with van der Waals surface area (Å²) in [4.78, 5) is 12.0. The summed E-state index contributed by atoms with van der Waals surface area (Å²) in [7, 11) is 0. The molecule has 2 atom stereocenters. The van der Waals surface area contributed by atoms with Crippen LogP contribution in [0.5, 0.6) is 0 Å². The van der Waals surface area contributed by atoms with Crippen LogP contribution in [0.25, 0.3) is 0 Å². The molecule has 1 saturated heterocycles. The molecule has 0 spiro atoms. The molecule has 5 heteroatoms. The van der Waals surface area contributed by atoms with E-state index in [9.17, 15) is 4.79 Å². The number of rotatable bonds is 2. The lowest BCUT2D eigenvalue weighted by Gasteiger charge is -2.10. The van der Waals surface area contributed by atoms with Crippen molar-refractivity contribution in [1.82, 2.24) is 5.32 Å². The predicted molar refractivity (Wildman–Crippen MR) is 63.6 cm³/mol. The van der Waals surface area contributed by atoms with Gasteiger partial charge in [-0.1, -0.05) is 0 Å². The average Bonchev–Trinajstić information content (AvgIpc) is 2.71. The second-order valence-electron chi connectivity index (χ2n) is 3.32. The summed E-state index contributed by atoms with van der Waals surface area (Å²) in [6, 6.07) is 1.94. The maximum Gasteiger partial charge on any atom is 0.320 e. The average molecular weight is 323 g/mol. The molecule has 3 nitrogen and oxygen atoms in total. The number of hydrogen-bond acceptors (Lipinski definition) is 3. The fourth-order valence-electron chi connectivity index (χ4n) is 1.70. The van der Waals surface area contributed by atoms with Crippen LogP contribution in [0.1, 0.15) is 23.8 Å². The lowest BCUT2D eigenvalue weighted by atomic mass is 10.2. The third-order valence-electron chi connectivity index (χ3n) is 2.41. The zero-order chi connectivity index (χ0) is 10.1. The summed E-state index contributed by atoms with van der Waals surface area (Å²) >= 11 is 3.99. The van der Waals surface area contributed by atoms with Gasteiger partial charge in [-0.05, 0) is 46.9 Å². The van der Waals surface area contributed by atoms with Crippen LogP contribution in [0.2, 0.25) is 0 Å². The minimum Gasteiger partial charge on any atom is -0.480 e. The maximum atomic E-state index is 10.7. The molecule has 2 heterocycles. The van der Waals surface area contributed by atoms with Gasteiger partial charge in [0.15, 0.2) is 0 Å². The number of thiophene rings is 1. The van der Waals surface area contributed by atoms with E-state index in [0.717, 1.165) is 12.8 Å². The first-order valence-corrected chi connectivity index (χ1v) is 6.36. The van der Waals surface area contributed by atoms with Gasteiger partial charge >= 0.3 is 5.97 Å². The standard InChI is InChI=1S/C9H10INO2S/c10-5-3-4-14-8(5)6-1-2-7(11-6)9(12)13/h3-4,6-7,11H,1-2H2,(H,12,13)/t6-,7-/m1/s1. The van der Waals surface area contributed by atoms with Gasteiger partial charge in [-0.15, -0.1) is 11.3 Å². The Kier molecular flexibility index (Phi) is 3.08. The predicted octanol–water partition coefficient (Wildman–Crippen LogP) is 2.23. The van der Waals surface area contributed by atoms with Crippen molar-refractivity contribution in [2.75, 3.05) is 0 Å². The number of halogens is 1. The molecule has 0 unspecified atom stereocenters. The van der Waals surface area contributed by atoms with Crippen LogP contribution in [0.3, 0.4) is 0 Å². The van der Waals surface area contributed by atoms with Crippen molar-refractivity contribution in [3.63, 3.8) is 0 Å². The van der Waals surface area contributed by atoms with Crippen LogP contribution >= 0.6 is 33.9 Å². The molecule has 1 aliphatic rings. The van der Waals surface area contributed by atoms with Gasteiger partial charge in [-0.3, -0.25) is 10.1 Å². The minimum atomic E-state index is -0.737. The fraction of sp³-hybridized carbons (Fsp3) is 0.444. The van der Waals surface area contributed by atoms with Crippen molar-refractivity contribution < 1.29 is 9.90 Å². The Hall–Kier alpha value is -0.140. The van der Waals surface area contributed by atoms with E-state index in [1.165, 1.54) is 8.45 Å². The third kappa shape index (κ3) is 1.94. The Morgan fingerprint density at radius 2 is 2.43 bits per heavy atom. The van der Waals surface area contributed by atoms with Crippen LogP contribution in [0.15, 0.2) is 11.4 Å². The summed E-state index contributed by atoms with van der Waals surface area (Å²) in [6.07, 6.45) is 1.65. The summed E-state index contributed by atoms with van der Waals surface area (Å²) in [5, 5.41) is 14.0. The first kappa shape index (κ1) is 10.4. The van der Waals surface area contributed by atoms with E-state index in [2.05, 4.69) is 34.0 Å². The van der Waals surface area contributed by atoms with E-state index in [1.807, 2.05) is 5.38 Å². The molecule has 1 aliphatic heterocycles. The van der Waals surface area contributed by atoms with Crippen molar-refractivity contribution in [2.45, 2.75) is 24.9 Å². The minimum absolute atomic E-state index is 0.239. The first-order chi connectivity index (χ1) is 6.68. The molecule has 2 rings (SSSR count). The molecule has 14 heavy (non-hydrogen) atoms. The van der Waals surface area contributed by atoms with Crippen molar-refractivity contribution in [2.24, 2.45) is 0 Å². The van der Waals surface area contributed by atoms with Gasteiger partial charge in [0.05, 0.1) is 0 Å². The highest BCUT2D eigenvalue weighted by Gasteiger charge is 2.30. The molecule has 76 valence electrons. The van der Waals surface area contributed by atoms with Gasteiger partial charge < -0.3 is 5.11 Å². The topological polar surface area (TPSA) is 49.3 Å². The largest absolute Gasteiger partial charge is 0.480 e.